The van der Waals surface area contributed by atoms with Crippen LogP contribution in [0.1, 0.15) is 11.3 Å². The summed E-state index contributed by atoms with van der Waals surface area (Å²) in [5, 5.41) is 4.96. The Bertz CT molecular complexity index is 308. The molecule has 80 valence electrons. The van der Waals surface area contributed by atoms with E-state index in [1.807, 2.05) is 21.0 Å². The van der Waals surface area contributed by atoms with Gasteiger partial charge in [-0.25, -0.2) is 0 Å². The van der Waals surface area contributed by atoms with Gasteiger partial charge in [0.25, 0.3) is 0 Å². The Balaban J connectivity index is 2.75. The van der Waals surface area contributed by atoms with Crippen molar-refractivity contribution in [3.63, 3.8) is 0 Å². The van der Waals surface area contributed by atoms with Gasteiger partial charge < -0.3 is 10.6 Å². The highest BCUT2D eigenvalue weighted by Crippen LogP contribution is 2.19. The zero-order valence-electron chi connectivity index (χ0n) is 8.92. The SMILES string of the molecule is Cc1nn(C)c(Cl)c1CN(C)CCN. The van der Waals surface area contributed by atoms with Gasteiger partial charge in [-0.15, -0.1) is 0 Å². The number of hydrogen-bond donors (Lipinski definition) is 1. The van der Waals surface area contributed by atoms with E-state index < -0.39 is 0 Å². The summed E-state index contributed by atoms with van der Waals surface area (Å²) in [6.45, 7) is 4.30. The van der Waals surface area contributed by atoms with Crippen molar-refractivity contribution in [1.29, 1.82) is 0 Å². The van der Waals surface area contributed by atoms with Gasteiger partial charge in [0.15, 0.2) is 0 Å². The highest BCUT2D eigenvalue weighted by molar-refractivity contribution is 6.30. The average molecular weight is 217 g/mol. The lowest BCUT2D eigenvalue weighted by Crippen LogP contribution is -2.25. The second-order valence-electron chi connectivity index (χ2n) is 3.50. The van der Waals surface area contributed by atoms with Crippen molar-refractivity contribution in [1.82, 2.24) is 14.7 Å². The van der Waals surface area contributed by atoms with Crippen LogP contribution >= 0.6 is 11.6 Å². The Kier molecular flexibility index (Phi) is 3.92. The van der Waals surface area contributed by atoms with Crippen LogP contribution in [0.5, 0.6) is 0 Å². The molecule has 14 heavy (non-hydrogen) atoms. The Labute approximate surface area is 89.6 Å². The lowest BCUT2D eigenvalue weighted by Gasteiger charge is -2.14. The summed E-state index contributed by atoms with van der Waals surface area (Å²) in [6, 6.07) is 0. The molecular weight excluding hydrogens is 200 g/mol. The van der Waals surface area contributed by atoms with E-state index in [2.05, 4.69) is 10.00 Å². The molecule has 0 aliphatic heterocycles. The summed E-state index contributed by atoms with van der Waals surface area (Å²) >= 11 is 6.10. The van der Waals surface area contributed by atoms with Crippen molar-refractivity contribution >= 4 is 11.6 Å². The van der Waals surface area contributed by atoms with Gasteiger partial charge in [0, 0.05) is 32.2 Å². The minimum atomic E-state index is 0.660. The maximum Gasteiger partial charge on any atom is 0.131 e. The zero-order chi connectivity index (χ0) is 10.7. The number of nitrogens with zero attached hydrogens (tertiary/aromatic N) is 3. The van der Waals surface area contributed by atoms with E-state index >= 15 is 0 Å². The molecule has 0 atom stereocenters. The summed E-state index contributed by atoms with van der Waals surface area (Å²) in [5.74, 6) is 0. The molecule has 0 saturated heterocycles. The van der Waals surface area contributed by atoms with E-state index in [0.717, 1.165) is 24.3 Å². The number of halogens is 1. The number of likely N-dealkylation sites (N-methyl/N-ethyl adjacent to an activating group) is 1. The first-order valence-corrected chi connectivity index (χ1v) is 5.00. The van der Waals surface area contributed by atoms with Crippen LogP contribution in [0.3, 0.4) is 0 Å². The average Bonchev–Trinajstić information content (AvgIpc) is 2.33. The van der Waals surface area contributed by atoms with Gasteiger partial charge in [-0.2, -0.15) is 5.10 Å². The van der Waals surface area contributed by atoms with Crippen LogP contribution in [-0.2, 0) is 13.6 Å². The van der Waals surface area contributed by atoms with E-state index in [9.17, 15) is 0 Å². The van der Waals surface area contributed by atoms with Crippen molar-refractivity contribution < 1.29 is 0 Å². The molecule has 5 heteroatoms. The van der Waals surface area contributed by atoms with Gasteiger partial charge in [-0.3, -0.25) is 4.68 Å². The highest BCUT2D eigenvalue weighted by Gasteiger charge is 2.12. The molecule has 0 aliphatic carbocycles. The predicted molar refractivity (Wildman–Crippen MR) is 58.3 cm³/mol. The fourth-order valence-corrected chi connectivity index (χ4v) is 1.66. The Morgan fingerprint density at radius 3 is 2.64 bits per heavy atom. The molecule has 0 bridgehead atoms. The molecule has 0 unspecified atom stereocenters. The van der Waals surface area contributed by atoms with Crippen molar-refractivity contribution in [2.24, 2.45) is 12.8 Å². The van der Waals surface area contributed by atoms with E-state index in [1.165, 1.54) is 0 Å². The fraction of sp³-hybridized carbons (Fsp3) is 0.667. The molecule has 1 heterocycles. The van der Waals surface area contributed by atoms with Crippen molar-refractivity contribution in [3.8, 4) is 0 Å². The van der Waals surface area contributed by atoms with Crippen LogP contribution in [0.4, 0.5) is 0 Å². The van der Waals surface area contributed by atoms with E-state index in [1.54, 1.807) is 4.68 Å². The molecule has 0 radical (unpaired) electrons. The number of hydrogen-bond acceptors (Lipinski definition) is 3. The standard InChI is InChI=1S/C9H17ClN4/c1-7-8(6-13(2)5-4-11)9(10)14(3)12-7/h4-6,11H2,1-3H3. The summed E-state index contributed by atoms with van der Waals surface area (Å²) in [4.78, 5) is 2.13. The molecule has 0 saturated carbocycles. The Morgan fingerprint density at radius 2 is 2.21 bits per heavy atom. The van der Waals surface area contributed by atoms with Gasteiger partial charge in [-0.1, -0.05) is 11.6 Å². The molecule has 2 N–H and O–H groups in total. The van der Waals surface area contributed by atoms with Gasteiger partial charge in [0.05, 0.1) is 5.69 Å². The third kappa shape index (κ3) is 2.47. The topological polar surface area (TPSA) is 47.1 Å². The van der Waals surface area contributed by atoms with Crippen LogP contribution in [0.15, 0.2) is 0 Å². The maximum atomic E-state index is 6.10. The van der Waals surface area contributed by atoms with Crippen molar-refractivity contribution in [2.75, 3.05) is 20.1 Å². The van der Waals surface area contributed by atoms with Gasteiger partial charge in [0.1, 0.15) is 5.15 Å². The molecule has 0 aliphatic rings. The minimum Gasteiger partial charge on any atom is -0.329 e. The van der Waals surface area contributed by atoms with Gasteiger partial charge in [-0.05, 0) is 14.0 Å². The molecule has 0 fully saturated rings. The second kappa shape index (κ2) is 4.77. The van der Waals surface area contributed by atoms with E-state index in [0.29, 0.717) is 11.7 Å². The molecule has 0 aromatic carbocycles. The first-order valence-electron chi connectivity index (χ1n) is 4.62. The quantitative estimate of drug-likeness (QED) is 0.809. The highest BCUT2D eigenvalue weighted by atomic mass is 35.5. The minimum absolute atomic E-state index is 0.660. The first kappa shape index (κ1) is 11.5. The molecule has 1 aromatic heterocycles. The number of aryl methyl sites for hydroxylation is 2. The molecule has 4 nitrogen and oxygen atoms in total. The van der Waals surface area contributed by atoms with Crippen LogP contribution in [-0.4, -0.2) is 34.8 Å². The van der Waals surface area contributed by atoms with Crippen LogP contribution in [0.2, 0.25) is 5.15 Å². The molecule has 0 amide bonds. The monoisotopic (exact) mass is 216 g/mol. The lowest BCUT2D eigenvalue weighted by molar-refractivity contribution is 0.335. The third-order valence-corrected chi connectivity index (χ3v) is 2.68. The molecule has 1 aromatic rings. The van der Waals surface area contributed by atoms with Crippen molar-refractivity contribution in [2.45, 2.75) is 13.5 Å². The van der Waals surface area contributed by atoms with Crippen LogP contribution in [0.25, 0.3) is 0 Å². The van der Waals surface area contributed by atoms with Crippen molar-refractivity contribution in [3.05, 3.63) is 16.4 Å². The fourth-order valence-electron chi connectivity index (χ4n) is 1.42. The lowest BCUT2D eigenvalue weighted by atomic mass is 10.2. The van der Waals surface area contributed by atoms with E-state index in [4.69, 9.17) is 17.3 Å². The Morgan fingerprint density at radius 1 is 1.57 bits per heavy atom. The van der Waals surface area contributed by atoms with Gasteiger partial charge in [0.2, 0.25) is 0 Å². The number of aromatic nitrogens is 2. The normalized spacial score (nSPS) is 11.3. The summed E-state index contributed by atoms with van der Waals surface area (Å²) in [7, 11) is 3.87. The number of nitrogens with two attached hydrogens (primary N) is 1. The van der Waals surface area contributed by atoms with E-state index in [-0.39, 0.29) is 0 Å². The summed E-state index contributed by atoms with van der Waals surface area (Å²) < 4.78 is 1.70. The second-order valence-corrected chi connectivity index (χ2v) is 3.86. The Hall–Kier alpha value is -0.580. The summed E-state index contributed by atoms with van der Waals surface area (Å²) in [5.41, 5.74) is 7.54. The number of rotatable bonds is 4. The van der Waals surface area contributed by atoms with Crippen LogP contribution in [0, 0.1) is 6.92 Å². The summed E-state index contributed by atoms with van der Waals surface area (Å²) in [6.07, 6.45) is 0. The molecule has 0 spiro atoms. The smallest absolute Gasteiger partial charge is 0.131 e. The third-order valence-electron chi connectivity index (χ3n) is 2.21. The zero-order valence-corrected chi connectivity index (χ0v) is 9.67. The predicted octanol–water partition coefficient (Wildman–Crippen LogP) is 0.772. The first-order chi connectivity index (χ1) is 6.56. The molecule has 1 rings (SSSR count). The van der Waals surface area contributed by atoms with Gasteiger partial charge >= 0.3 is 0 Å². The molecular formula is C9H17ClN4. The maximum absolute atomic E-state index is 6.10. The largest absolute Gasteiger partial charge is 0.329 e. The van der Waals surface area contributed by atoms with Crippen LogP contribution < -0.4 is 5.73 Å².